The SMILES string of the molecule is CC(C)(C)OC(=O)NCCCNc1nonc1-c1noc(=O)n1-c1ccc(F)c(Br)c1. The van der Waals surface area contributed by atoms with Gasteiger partial charge in [-0.05, 0) is 71.6 Å². The first-order valence-electron chi connectivity index (χ1n) is 9.23. The topological polar surface area (TPSA) is 137 Å². The first-order valence-corrected chi connectivity index (χ1v) is 10.0. The molecule has 0 bridgehead atoms. The second kappa shape index (κ2) is 9.29. The van der Waals surface area contributed by atoms with E-state index < -0.39 is 23.3 Å². The lowest BCUT2D eigenvalue weighted by molar-refractivity contribution is 0.0527. The Hall–Kier alpha value is -3.22. The molecule has 2 heterocycles. The molecule has 0 saturated carbocycles. The van der Waals surface area contributed by atoms with Gasteiger partial charge in [-0.15, -0.1) is 0 Å². The van der Waals surface area contributed by atoms with Crippen molar-refractivity contribution in [3.63, 3.8) is 0 Å². The number of alkyl carbamates (subject to hydrolysis) is 1. The Kier molecular flexibility index (Phi) is 6.73. The van der Waals surface area contributed by atoms with Crippen LogP contribution in [0.3, 0.4) is 0 Å². The highest BCUT2D eigenvalue weighted by Gasteiger charge is 2.23. The molecular formula is C18H20BrFN6O5. The number of carbonyl (C=O) groups is 1. The van der Waals surface area contributed by atoms with E-state index in [0.29, 0.717) is 25.2 Å². The van der Waals surface area contributed by atoms with Crippen LogP contribution in [0.5, 0.6) is 0 Å². The van der Waals surface area contributed by atoms with Crippen molar-refractivity contribution in [1.29, 1.82) is 0 Å². The molecule has 0 aliphatic heterocycles. The average molecular weight is 499 g/mol. The van der Waals surface area contributed by atoms with Gasteiger partial charge >= 0.3 is 11.8 Å². The lowest BCUT2D eigenvalue weighted by Crippen LogP contribution is -2.33. The minimum atomic E-state index is -0.788. The number of anilines is 1. The van der Waals surface area contributed by atoms with Gasteiger partial charge in [0, 0.05) is 13.1 Å². The van der Waals surface area contributed by atoms with Crippen molar-refractivity contribution in [1.82, 2.24) is 25.4 Å². The molecule has 0 atom stereocenters. The Labute approximate surface area is 184 Å². The van der Waals surface area contributed by atoms with Gasteiger partial charge in [-0.2, -0.15) is 0 Å². The summed E-state index contributed by atoms with van der Waals surface area (Å²) >= 11 is 3.08. The van der Waals surface area contributed by atoms with Crippen LogP contribution in [0.25, 0.3) is 17.2 Å². The molecule has 2 aromatic heterocycles. The van der Waals surface area contributed by atoms with Crippen LogP contribution in [-0.4, -0.2) is 44.8 Å². The zero-order chi connectivity index (χ0) is 22.6. The van der Waals surface area contributed by atoms with Crippen LogP contribution in [0.1, 0.15) is 27.2 Å². The lowest BCUT2D eigenvalue weighted by Gasteiger charge is -2.19. The van der Waals surface area contributed by atoms with Crippen LogP contribution in [-0.2, 0) is 4.74 Å². The maximum absolute atomic E-state index is 13.6. The first kappa shape index (κ1) is 22.5. The number of hydrogen-bond acceptors (Lipinski definition) is 9. The van der Waals surface area contributed by atoms with E-state index in [4.69, 9.17) is 13.9 Å². The Morgan fingerprint density at radius 2 is 2.03 bits per heavy atom. The molecule has 0 fully saturated rings. The number of carbonyl (C=O) groups excluding carboxylic acids is 1. The number of hydrogen-bond donors (Lipinski definition) is 2. The van der Waals surface area contributed by atoms with Gasteiger partial charge in [0.25, 0.3) is 0 Å². The minimum absolute atomic E-state index is 0.0270. The Morgan fingerprint density at radius 1 is 1.26 bits per heavy atom. The fourth-order valence-electron chi connectivity index (χ4n) is 2.50. The number of rotatable bonds is 7. The second-order valence-corrected chi connectivity index (χ2v) is 8.23. The predicted molar refractivity (Wildman–Crippen MR) is 110 cm³/mol. The molecule has 11 nitrogen and oxygen atoms in total. The van der Waals surface area contributed by atoms with Gasteiger partial charge in [-0.3, -0.25) is 4.52 Å². The summed E-state index contributed by atoms with van der Waals surface area (Å²) in [5.41, 5.74) is -0.131. The van der Waals surface area contributed by atoms with Gasteiger partial charge in [-0.1, -0.05) is 5.16 Å². The van der Waals surface area contributed by atoms with Crippen molar-refractivity contribution in [2.45, 2.75) is 32.8 Å². The predicted octanol–water partition coefficient (Wildman–Crippen LogP) is 3.10. The van der Waals surface area contributed by atoms with Gasteiger partial charge in [-0.25, -0.2) is 23.2 Å². The molecule has 1 amide bonds. The maximum Gasteiger partial charge on any atom is 0.446 e. The van der Waals surface area contributed by atoms with E-state index in [0.717, 1.165) is 4.57 Å². The van der Waals surface area contributed by atoms with Crippen LogP contribution < -0.4 is 16.4 Å². The molecule has 0 saturated heterocycles. The molecule has 3 rings (SSSR count). The maximum atomic E-state index is 13.6. The molecule has 0 unspecified atom stereocenters. The van der Waals surface area contributed by atoms with Gasteiger partial charge in [0.1, 0.15) is 11.4 Å². The van der Waals surface area contributed by atoms with Crippen LogP contribution >= 0.6 is 15.9 Å². The van der Waals surface area contributed by atoms with E-state index in [1.165, 1.54) is 18.2 Å². The highest BCUT2D eigenvalue weighted by molar-refractivity contribution is 9.10. The standard InChI is InChI=1S/C18H20BrFN6O5/c1-18(2,3)29-16(27)22-8-4-7-21-14-13(23-31-24-14)15-25-30-17(28)26(15)10-5-6-12(20)11(19)9-10/h5-6,9H,4,7-8H2,1-3H3,(H,21,24)(H,22,27). The fourth-order valence-corrected chi connectivity index (χ4v) is 2.87. The summed E-state index contributed by atoms with van der Waals surface area (Å²) in [6, 6.07) is 3.99. The second-order valence-electron chi connectivity index (χ2n) is 7.38. The van der Waals surface area contributed by atoms with Crippen LogP contribution in [0.15, 0.2) is 36.6 Å². The number of halogens is 2. The van der Waals surface area contributed by atoms with Crippen molar-refractivity contribution in [2.24, 2.45) is 0 Å². The molecule has 166 valence electrons. The molecule has 0 aliphatic rings. The molecule has 1 aromatic carbocycles. The number of benzene rings is 1. The van der Waals surface area contributed by atoms with E-state index in [2.05, 4.69) is 42.0 Å². The molecule has 2 N–H and O–H groups in total. The summed E-state index contributed by atoms with van der Waals surface area (Å²) < 4.78 is 29.5. The largest absolute Gasteiger partial charge is 0.446 e. The smallest absolute Gasteiger partial charge is 0.444 e. The molecule has 0 radical (unpaired) electrons. The van der Waals surface area contributed by atoms with Crippen molar-refractivity contribution in [2.75, 3.05) is 18.4 Å². The Balaban J connectivity index is 1.67. The first-order chi connectivity index (χ1) is 14.7. The summed E-state index contributed by atoms with van der Waals surface area (Å²) in [4.78, 5) is 23.8. The summed E-state index contributed by atoms with van der Waals surface area (Å²) in [5, 5.41) is 16.9. The highest BCUT2D eigenvalue weighted by Crippen LogP contribution is 2.26. The molecule has 3 aromatic rings. The van der Waals surface area contributed by atoms with Crippen LogP contribution in [0.2, 0.25) is 0 Å². The number of aromatic nitrogens is 4. The molecule has 0 spiro atoms. The molecular weight excluding hydrogens is 479 g/mol. The molecule has 13 heteroatoms. The number of nitrogens with one attached hydrogen (secondary N) is 2. The van der Waals surface area contributed by atoms with E-state index in [9.17, 15) is 14.0 Å². The Morgan fingerprint density at radius 3 is 2.74 bits per heavy atom. The summed E-state index contributed by atoms with van der Waals surface area (Å²) in [6.07, 6.45) is 0.0376. The highest BCUT2D eigenvalue weighted by atomic mass is 79.9. The Bertz CT molecular complexity index is 1120. The number of ether oxygens (including phenoxy) is 1. The zero-order valence-corrected chi connectivity index (χ0v) is 18.5. The van der Waals surface area contributed by atoms with Crippen molar-refractivity contribution in [3.8, 4) is 17.2 Å². The van der Waals surface area contributed by atoms with E-state index >= 15 is 0 Å². The summed E-state index contributed by atoms with van der Waals surface area (Å²) in [7, 11) is 0. The molecule has 0 aliphatic carbocycles. The van der Waals surface area contributed by atoms with Gasteiger partial charge in [0.05, 0.1) is 10.2 Å². The summed E-state index contributed by atoms with van der Waals surface area (Å²) in [6.45, 7) is 6.10. The van der Waals surface area contributed by atoms with E-state index in [1.54, 1.807) is 20.8 Å². The van der Waals surface area contributed by atoms with Gasteiger partial charge in [0.2, 0.25) is 11.6 Å². The van der Waals surface area contributed by atoms with Crippen molar-refractivity contribution >= 4 is 27.8 Å². The van der Waals surface area contributed by atoms with Gasteiger partial charge in [0.15, 0.2) is 5.69 Å². The third-order valence-corrected chi connectivity index (χ3v) is 4.39. The third kappa shape index (κ3) is 5.69. The minimum Gasteiger partial charge on any atom is -0.444 e. The lowest BCUT2D eigenvalue weighted by atomic mass is 10.2. The third-order valence-electron chi connectivity index (χ3n) is 3.78. The number of amides is 1. The van der Waals surface area contributed by atoms with E-state index in [-0.39, 0.29) is 21.8 Å². The monoisotopic (exact) mass is 498 g/mol. The van der Waals surface area contributed by atoms with Crippen molar-refractivity contribution in [3.05, 3.63) is 39.0 Å². The van der Waals surface area contributed by atoms with Crippen molar-refractivity contribution < 1.29 is 23.1 Å². The van der Waals surface area contributed by atoms with Crippen LogP contribution in [0.4, 0.5) is 15.0 Å². The average Bonchev–Trinajstić information content (AvgIpc) is 3.28. The molecule has 31 heavy (non-hydrogen) atoms. The normalized spacial score (nSPS) is 11.4. The zero-order valence-electron chi connectivity index (χ0n) is 16.9. The summed E-state index contributed by atoms with van der Waals surface area (Å²) in [5.74, 6) is -1.02. The van der Waals surface area contributed by atoms with Gasteiger partial charge < -0.3 is 15.4 Å². The fraction of sp³-hybridized carbons (Fsp3) is 0.389. The quantitative estimate of drug-likeness (QED) is 0.470. The number of nitrogens with zero attached hydrogens (tertiary/aromatic N) is 4. The van der Waals surface area contributed by atoms with E-state index in [1.807, 2.05) is 0 Å². The van der Waals surface area contributed by atoms with Crippen LogP contribution in [0, 0.1) is 5.82 Å².